The Bertz CT molecular complexity index is 581. The van der Waals surface area contributed by atoms with Gasteiger partial charge in [0.15, 0.2) is 0 Å². The number of carboxylic acids is 1. The zero-order chi connectivity index (χ0) is 15.3. The number of aromatic hydroxyl groups is 1. The number of hydrogen-bond donors (Lipinski definition) is 4. The summed E-state index contributed by atoms with van der Waals surface area (Å²) in [5.74, 6) is -1.41. The number of aliphatic carboxylic acids is 1. The lowest BCUT2D eigenvalue weighted by molar-refractivity contribution is -0.135. The number of carboxylic acid groups (broad SMARTS) is 1. The van der Waals surface area contributed by atoms with Gasteiger partial charge in [-0.15, -0.1) is 0 Å². The molecule has 0 unspecified atom stereocenters. The molecule has 0 spiro atoms. The zero-order valence-electron chi connectivity index (χ0n) is 10.4. The van der Waals surface area contributed by atoms with E-state index >= 15 is 0 Å². The van der Waals surface area contributed by atoms with Gasteiger partial charge in [-0.3, -0.25) is 19.3 Å². The number of carbonyl (C=O) groups is 1. The number of nitrogens with zero attached hydrogens (tertiary/aromatic N) is 2. The van der Waals surface area contributed by atoms with Crippen molar-refractivity contribution in [2.24, 2.45) is 4.99 Å². The van der Waals surface area contributed by atoms with Crippen LogP contribution in [0.3, 0.4) is 0 Å². The molecule has 4 N–H and O–H groups in total. The average molecular weight is 304 g/mol. The fourth-order valence-corrected chi connectivity index (χ4v) is 1.59. The first-order valence-electron chi connectivity index (χ1n) is 5.30. The summed E-state index contributed by atoms with van der Waals surface area (Å²) in [6, 6.07) is 0. The molecule has 0 amide bonds. The van der Waals surface area contributed by atoms with Crippen molar-refractivity contribution in [2.75, 3.05) is 6.54 Å². The zero-order valence-corrected chi connectivity index (χ0v) is 11.3. The van der Waals surface area contributed by atoms with E-state index in [-0.39, 0.29) is 22.6 Å². The summed E-state index contributed by atoms with van der Waals surface area (Å²) >= 11 is 0. The van der Waals surface area contributed by atoms with Crippen molar-refractivity contribution in [3.8, 4) is 5.75 Å². The Morgan fingerprint density at radius 2 is 2.20 bits per heavy atom. The van der Waals surface area contributed by atoms with E-state index < -0.39 is 26.9 Å². The second kappa shape index (κ2) is 6.58. The van der Waals surface area contributed by atoms with Crippen LogP contribution in [0.4, 0.5) is 0 Å². The van der Waals surface area contributed by atoms with Crippen LogP contribution in [-0.4, -0.2) is 43.7 Å². The molecule has 1 aromatic heterocycles. The topological polar surface area (TPSA) is 150 Å². The second-order valence-corrected chi connectivity index (χ2v) is 5.00. The molecule has 0 aromatic carbocycles. The van der Waals surface area contributed by atoms with Crippen molar-refractivity contribution in [3.05, 3.63) is 23.0 Å². The third kappa shape index (κ3) is 5.06. The Hall–Kier alpha value is -1.80. The minimum Gasteiger partial charge on any atom is -0.505 e. The maximum absolute atomic E-state index is 10.6. The molecule has 0 aliphatic rings. The summed E-state index contributed by atoms with van der Waals surface area (Å²) in [5, 5.41) is 18.3. The molecule has 1 aromatic rings. The van der Waals surface area contributed by atoms with E-state index in [0.29, 0.717) is 0 Å². The minimum absolute atomic E-state index is 0.104. The number of pyridine rings is 1. The van der Waals surface area contributed by atoms with Crippen LogP contribution in [-0.2, 0) is 20.5 Å². The van der Waals surface area contributed by atoms with Gasteiger partial charge >= 0.3 is 13.8 Å². The summed E-state index contributed by atoms with van der Waals surface area (Å²) < 4.78 is 15.0. The lowest BCUT2D eigenvalue weighted by atomic mass is 10.1. The highest BCUT2D eigenvalue weighted by atomic mass is 31.2. The lowest BCUT2D eigenvalue weighted by Gasteiger charge is -2.10. The molecule has 0 bridgehead atoms. The summed E-state index contributed by atoms with van der Waals surface area (Å²) in [6.45, 7) is 0.511. The van der Waals surface area contributed by atoms with Crippen molar-refractivity contribution in [1.82, 2.24) is 4.98 Å². The molecule has 0 saturated heterocycles. The highest BCUT2D eigenvalue weighted by Gasteiger charge is 2.17. The fourth-order valence-electron chi connectivity index (χ4n) is 1.28. The Balaban J connectivity index is 3.04. The largest absolute Gasteiger partial charge is 0.505 e. The predicted octanol–water partition coefficient (Wildman–Crippen LogP) is 0.208. The molecule has 0 aliphatic heterocycles. The highest BCUT2D eigenvalue weighted by Crippen LogP contribution is 2.37. The van der Waals surface area contributed by atoms with Gasteiger partial charge in [-0.2, -0.15) is 0 Å². The molecule has 0 radical (unpaired) electrons. The van der Waals surface area contributed by atoms with Gasteiger partial charge in [0.2, 0.25) is 0 Å². The van der Waals surface area contributed by atoms with Gasteiger partial charge in [0, 0.05) is 23.5 Å². The maximum atomic E-state index is 10.6. The number of aromatic nitrogens is 1. The molecule has 0 aliphatic carbocycles. The molecular formula is C10H13N2O7P. The van der Waals surface area contributed by atoms with E-state index in [0.717, 1.165) is 6.21 Å². The molecule has 10 heteroatoms. The summed E-state index contributed by atoms with van der Waals surface area (Å²) in [5.41, 5.74) is 0.541. The Morgan fingerprint density at radius 1 is 1.55 bits per heavy atom. The van der Waals surface area contributed by atoms with Crippen LogP contribution in [0.5, 0.6) is 5.75 Å². The summed E-state index contributed by atoms with van der Waals surface area (Å²) in [7, 11) is -4.67. The number of phosphoric ester groups is 1. The van der Waals surface area contributed by atoms with E-state index in [1.807, 2.05) is 0 Å². The highest BCUT2D eigenvalue weighted by molar-refractivity contribution is 7.46. The van der Waals surface area contributed by atoms with Crippen molar-refractivity contribution in [1.29, 1.82) is 0 Å². The molecule has 1 rings (SSSR count). The third-order valence-corrected chi connectivity index (χ3v) is 2.66. The molecule has 0 fully saturated rings. The van der Waals surface area contributed by atoms with Gasteiger partial charge in [-0.1, -0.05) is 0 Å². The van der Waals surface area contributed by atoms with Crippen LogP contribution >= 0.6 is 7.82 Å². The molecule has 0 saturated carbocycles. The van der Waals surface area contributed by atoms with Gasteiger partial charge in [0.25, 0.3) is 0 Å². The van der Waals surface area contributed by atoms with Gasteiger partial charge in [-0.25, -0.2) is 4.57 Å². The molecule has 9 nitrogen and oxygen atoms in total. The van der Waals surface area contributed by atoms with E-state index in [9.17, 15) is 14.5 Å². The normalized spacial score (nSPS) is 11.9. The Morgan fingerprint density at radius 3 is 2.75 bits per heavy atom. The quantitative estimate of drug-likeness (QED) is 0.430. The van der Waals surface area contributed by atoms with Crippen molar-refractivity contribution in [3.63, 3.8) is 0 Å². The predicted molar refractivity (Wildman–Crippen MR) is 67.6 cm³/mol. The monoisotopic (exact) mass is 304 g/mol. The first-order chi connectivity index (χ1) is 9.20. The molecule has 110 valence electrons. The number of hydrogen-bond acceptors (Lipinski definition) is 6. The molecule has 0 atom stereocenters. The van der Waals surface area contributed by atoms with Gasteiger partial charge in [0.1, 0.15) is 12.3 Å². The fraction of sp³-hybridized carbons (Fsp3) is 0.300. The Kier molecular flexibility index (Phi) is 5.34. The minimum atomic E-state index is -4.67. The summed E-state index contributed by atoms with van der Waals surface area (Å²) in [4.78, 5) is 35.1. The summed E-state index contributed by atoms with van der Waals surface area (Å²) in [6.07, 6.45) is 2.35. The molecule has 20 heavy (non-hydrogen) atoms. The van der Waals surface area contributed by atoms with Gasteiger partial charge in [-0.05, 0) is 6.92 Å². The van der Waals surface area contributed by atoms with E-state index in [1.165, 1.54) is 13.1 Å². The number of rotatable bonds is 6. The lowest BCUT2D eigenvalue weighted by Crippen LogP contribution is -2.03. The molecular weight excluding hydrogens is 291 g/mol. The Labute approximate surface area is 113 Å². The third-order valence-electron chi connectivity index (χ3n) is 2.19. The number of aliphatic imine (C=N–C) groups is 1. The SMILES string of the molecule is Cc1ncc(COP(=O)(O)O)c(C=NCC(=O)O)c1O. The van der Waals surface area contributed by atoms with Crippen LogP contribution in [0.2, 0.25) is 0 Å². The first kappa shape index (κ1) is 16.3. The molecule has 1 heterocycles. The maximum Gasteiger partial charge on any atom is 0.469 e. The van der Waals surface area contributed by atoms with E-state index in [4.69, 9.17) is 14.9 Å². The van der Waals surface area contributed by atoms with Gasteiger partial charge in [0.05, 0.1) is 12.3 Å². The van der Waals surface area contributed by atoms with Crippen molar-refractivity contribution in [2.45, 2.75) is 13.5 Å². The van der Waals surface area contributed by atoms with Gasteiger partial charge < -0.3 is 20.0 Å². The van der Waals surface area contributed by atoms with Crippen molar-refractivity contribution < 1.29 is 33.9 Å². The smallest absolute Gasteiger partial charge is 0.469 e. The van der Waals surface area contributed by atoms with E-state index in [1.54, 1.807) is 0 Å². The average Bonchev–Trinajstić information content (AvgIpc) is 2.32. The van der Waals surface area contributed by atoms with E-state index in [2.05, 4.69) is 14.5 Å². The first-order valence-corrected chi connectivity index (χ1v) is 6.83. The number of aryl methyl sites for hydroxylation is 1. The van der Waals surface area contributed by atoms with Crippen LogP contribution < -0.4 is 0 Å². The second-order valence-electron chi connectivity index (χ2n) is 3.76. The number of phosphoric acid groups is 1. The van der Waals surface area contributed by atoms with Crippen LogP contribution in [0.1, 0.15) is 16.8 Å². The van der Waals surface area contributed by atoms with Crippen LogP contribution in [0, 0.1) is 6.92 Å². The standard InChI is InChI=1S/C10H13N2O7P/c1-6-10(15)8(3-11-4-9(13)14)7(2-12-6)5-19-20(16,17)18/h2-3,15H,4-5H2,1H3,(H,13,14)(H2,16,17,18). The van der Waals surface area contributed by atoms with Crippen molar-refractivity contribution >= 4 is 20.0 Å². The van der Waals surface area contributed by atoms with Crippen LogP contribution in [0.25, 0.3) is 0 Å². The van der Waals surface area contributed by atoms with Crippen LogP contribution in [0.15, 0.2) is 11.2 Å².